The van der Waals surface area contributed by atoms with Crippen molar-refractivity contribution in [1.29, 1.82) is 0 Å². The van der Waals surface area contributed by atoms with Gasteiger partial charge in [0.25, 0.3) is 0 Å². The van der Waals surface area contributed by atoms with E-state index in [9.17, 15) is 0 Å². The summed E-state index contributed by atoms with van der Waals surface area (Å²) in [5.74, 6) is 0.278. The number of hydrogen-bond donors (Lipinski definition) is 2. The Morgan fingerprint density at radius 1 is 1.20 bits per heavy atom. The van der Waals surface area contributed by atoms with Crippen LogP contribution in [0.5, 0.6) is 6.01 Å². The first-order valence-electron chi connectivity index (χ1n) is 7.60. The molecule has 9 nitrogen and oxygen atoms in total. The van der Waals surface area contributed by atoms with Gasteiger partial charge in [0, 0.05) is 0 Å². The average molecular weight is 408 g/mol. The monoisotopic (exact) mass is 409 g/mol. The van der Waals surface area contributed by atoms with E-state index in [1.54, 1.807) is 13.3 Å². The Hall–Kier alpha value is -2.26. The molecule has 0 unspecified atom stereocenters. The van der Waals surface area contributed by atoms with Gasteiger partial charge in [-0.15, -0.1) is 0 Å². The number of pyridine rings is 1. The number of ether oxygens (including phenoxy) is 2. The van der Waals surface area contributed by atoms with Gasteiger partial charge in [-0.3, -0.25) is 0 Å². The SMILES string of the molecule is COCCOc1nc(N)c2nc([SeH])n(Cc3ccc(CN)nc3)c2n1. The zero-order chi connectivity index (χ0) is 17.8. The number of anilines is 1. The van der Waals surface area contributed by atoms with Crippen LogP contribution in [-0.4, -0.2) is 60.8 Å². The topological polar surface area (TPSA) is 127 Å². The summed E-state index contributed by atoms with van der Waals surface area (Å²) >= 11 is 2.41. The second-order valence-corrected chi connectivity index (χ2v) is 6.10. The van der Waals surface area contributed by atoms with Gasteiger partial charge < -0.3 is 0 Å². The summed E-state index contributed by atoms with van der Waals surface area (Å²) in [5, 5.41) is 0. The first-order chi connectivity index (χ1) is 12.1. The van der Waals surface area contributed by atoms with Crippen molar-refractivity contribution in [3.05, 3.63) is 29.6 Å². The van der Waals surface area contributed by atoms with Gasteiger partial charge in [-0.25, -0.2) is 0 Å². The quantitative estimate of drug-likeness (QED) is 0.371. The molecule has 10 heteroatoms. The van der Waals surface area contributed by atoms with Crippen LogP contribution in [0, 0.1) is 0 Å². The van der Waals surface area contributed by atoms with E-state index >= 15 is 0 Å². The van der Waals surface area contributed by atoms with Gasteiger partial charge in [-0.05, 0) is 0 Å². The van der Waals surface area contributed by atoms with Gasteiger partial charge in [0.2, 0.25) is 0 Å². The minimum absolute atomic E-state index is 0.201. The van der Waals surface area contributed by atoms with E-state index in [1.165, 1.54) is 0 Å². The molecular formula is C15H19N7O2Se. The number of methoxy groups -OCH3 is 1. The number of nitrogen functional groups attached to an aromatic ring is 1. The summed E-state index contributed by atoms with van der Waals surface area (Å²) in [4.78, 5) is 17.3. The van der Waals surface area contributed by atoms with E-state index in [0.29, 0.717) is 37.5 Å². The second-order valence-electron chi connectivity index (χ2n) is 5.26. The fraction of sp³-hybridized carbons (Fsp3) is 0.333. The van der Waals surface area contributed by atoms with Gasteiger partial charge in [0.1, 0.15) is 0 Å². The molecule has 0 aliphatic heterocycles. The van der Waals surface area contributed by atoms with Crippen LogP contribution in [0.4, 0.5) is 5.82 Å². The van der Waals surface area contributed by atoms with Crippen molar-refractivity contribution in [3.8, 4) is 6.01 Å². The van der Waals surface area contributed by atoms with Crippen LogP contribution in [-0.2, 0) is 17.8 Å². The molecule has 3 rings (SSSR count). The van der Waals surface area contributed by atoms with Gasteiger partial charge in [-0.2, -0.15) is 0 Å². The Kier molecular flexibility index (Phi) is 5.44. The molecule has 0 saturated carbocycles. The Morgan fingerprint density at radius 3 is 2.72 bits per heavy atom. The summed E-state index contributed by atoms with van der Waals surface area (Å²) < 4.78 is 13.1. The van der Waals surface area contributed by atoms with Gasteiger partial charge in [0.15, 0.2) is 0 Å². The Balaban J connectivity index is 1.94. The fourth-order valence-electron chi connectivity index (χ4n) is 2.27. The van der Waals surface area contributed by atoms with E-state index in [2.05, 4.69) is 35.9 Å². The normalized spacial score (nSPS) is 11.2. The van der Waals surface area contributed by atoms with Crippen LogP contribution in [0.1, 0.15) is 11.3 Å². The van der Waals surface area contributed by atoms with E-state index in [-0.39, 0.29) is 11.8 Å². The first kappa shape index (κ1) is 17.6. The van der Waals surface area contributed by atoms with Crippen LogP contribution < -0.4 is 20.9 Å². The fourth-order valence-corrected chi connectivity index (χ4v) is 2.82. The van der Waals surface area contributed by atoms with E-state index < -0.39 is 0 Å². The predicted molar refractivity (Wildman–Crippen MR) is 95.1 cm³/mol. The Morgan fingerprint density at radius 2 is 2.04 bits per heavy atom. The summed E-state index contributed by atoms with van der Waals surface area (Å²) in [6.45, 7) is 1.74. The third-order valence-electron chi connectivity index (χ3n) is 3.54. The molecule has 4 N–H and O–H groups in total. The van der Waals surface area contributed by atoms with Crippen molar-refractivity contribution in [1.82, 2.24) is 24.5 Å². The molecule has 0 aromatic carbocycles. The summed E-state index contributed by atoms with van der Waals surface area (Å²) in [7, 11) is 1.60. The maximum absolute atomic E-state index is 6.00. The molecule has 3 aromatic heterocycles. The van der Waals surface area contributed by atoms with Gasteiger partial charge in [-0.1, -0.05) is 0 Å². The molecule has 0 atom stereocenters. The number of fused-ring (bicyclic) bond motifs is 1. The number of rotatable bonds is 7. The summed E-state index contributed by atoms with van der Waals surface area (Å²) in [5.41, 5.74) is 14.6. The predicted octanol–water partition coefficient (Wildman–Crippen LogP) is -1.14. The number of aromatic nitrogens is 5. The summed E-state index contributed by atoms with van der Waals surface area (Å²) in [6, 6.07) is 4.09. The molecule has 132 valence electrons. The Labute approximate surface area is 152 Å². The van der Waals surface area contributed by atoms with Crippen molar-refractivity contribution >= 4 is 37.7 Å². The van der Waals surface area contributed by atoms with Crippen molar-refractivity contribution in [3.63, 3.8) is 0 Å². The van der Waals surface area contributed by atoms with Crippen LogP contribution in [0.15, 0.2) is 18.3 Å². The van der Waals surface area contributed by atoms with E-state index in [1.807, 2.05) is 16.7 Å². The summed E-state index contributed by atoms with van der Waals surface area (Å²) in [6.07, 6.45) is 1.79. The molecule has 0 fully saturated rings. The molecule has 3 heterocycles. The van der Waals surface area contributed by atoms with E-state index in [0.717, 1.165) is 16.0 Å². The Bertz CT molecular complexity index is 866. The minimum atomic E-state index is 0.201. The van der Waals surface area contributed by atoms with Crippen molar-refractivity contribution < 1.29 is 9.47 Å². The molecule has 0 spiro atoms. The van der Waals surface area contributed by atoms with Gasteiger partial charge >= 0.3 is 152 Å². The molecular weight excluding hydrogens is 389 g/mol. The van der Waals surface area contributed by atoms with Gasteiger partial charge in [0.05, 0.1) is 0 Å². The number of nitrogens with zero attached hydrogens (tertiary/aromatic N) is 5. The second kappa shape index (κ2) is 7.75. The molecule has 0 saturated heterocycles. The van der Waals surface area contributed by atoms with Crippen LogP contribution >= 0.6 is 0 Å². The number of nitrogens with two attached hydrogens (primary N) is 2. The molecule has 0 bridgehead atoms. The molecule has 3 aromatic rings. The molecule has 25 heavy (non-hydrogen) atoms. The first-order valence-corrected chi connectivity index (χ1v) is 8.54. The number of hydrogen-bond acceptors (Lipinski definition) is 8. The van der Waals surface area contributed by atoms with Crippen LogP contribution in [0.3, 0.4) is 0 Å². The van der Waals surface area contributed by atoms with Crippen molar-refractivity contribution in [2.75, 3.05) is 26.1 Å². The standard InChI is InChI=1S/C15H19N7O2Se/c1-23-4-5-24-14-20-12(17)11-13(21-14)22(15(25)19-11)8-9-2-3-10(6-16)18-7-9/h2-3,7H,4-6,8,16H2,1H3,(H,19,25)(H2,17,20,21). The molecule has 0 radical (unpaired) electrons. The van der Waals surface area contributed by atoms with Crippen LogP contribution in [0.2, 0.25) is 0 Å². The number of imidazole rings is 1. The third-order valence-corrected chi connectivity index (χ3v) is 4.25. The molecule has 0 aliphatic rings. The van der Waals surface area contributed by atoms with E-state index in [4.69, 9.17) is 20.9 Å². The zero-order valence-corrected chi connectivity index (χ0v) is 15.6. The zero-order valence-electron chi connectivity index (χ0n) is 13.7. The molecule has 0 amide bonds. The van der Waals surface area contributed by atoms with Crippen LogP contribution in [0.25, 0.3) is 11.2 Å². The average Bonchev–Trinajstić information content (AvgIpc) is 2.93. The molecule has 0 aliphatic carbocycles. The third kappa shape index (κ3) is 3.88. The van der Waals surface area contributed by atoms with Crippen molar-refractivity contribution in [2.45, 2.75) is 13.1 Å². The maximum atomic E-state index is 6.00. The van der Waals surface area contributed by atoms with Crippen molar-refractivity contribution in [2.24, 2.45) is 5.73 Å².